The van der Waals surface area contributed by atoms with Crippen molar-refractivity contribution in [3.8, 4) is 16.9 Å². The first-order valence-electron chi connectivity index (χ1n) is 7.01. The van der Waals surface area contributed by atoms with Crippen LogP contribution in [0.15, 0.2) is 48.5 Å². The van der Waals surface area contributed by atoms with Gasteiger partial charge in [0.05, 0.1) is 6.61 Å². The summed E-state index contributed by atoms with van der Waals surface area (Å²) in [5.74, 6) is 1.52. The van der Waals surface area contributed by atoms with Crippen LogP contribution in [0.5, 0.6) is 5.75 Å². The smallest absolute Gasteiger partial charge is 0.127 e. The Morgan fingerprint density at radius 1 is 1.15 bits per heavy atom. The maximum atomic E-state index is 6.13. The Morgan fingerprint density at radius 3 is 2.75 bits per heavy atom. The molecular formula is C17H18ClNO. The van der Waals surface area contributed by atoms with Crippen LogP contribution in [0.1, 0.15) is 6.42 Å². The average Bonchev–Trinajstić information content (AvgIpc) is 3.00. The quantitative estimate of drug-likeness (QED) is 0.918. The van der Waals surface area contributed by atoms with Gasteiger partial charge in [-0.25, -0.2) is 0 Å². The third-order valence-electron chi connectivity index (χ3n) is 3.66. The molecular weight excluding hydrogens is 270 g/mol. The summed E-state index contributed by atoms with van der Waals surface area (Å²) in [5, 5.41) is 4.10. The first-order valence-corrected chi connectivity index (χ1v) is 7.39. The molecule has 0 radical (unpaired) electrons. The van der Waals surface area contributed by atoms with Gasteiger partial charge in [-0.3, -0.25) is 0 Å². The van der Waals surface area contributed by atoms with Crippen LogP contribution in [0.25, 0.3) is 11.1 Å². The van der Waals surface area contributed by atoms with Gasteiger partial charge in [-0.1, -0.05) is 41.9 Å². The molecule has 0 bridgehead atoms. The molecule has 1 saturated heterocycles. The molecule has 1 heterocycles. The molecule has 1 aliphatic rings. The number of hydrogen-bond donors (Lipinski definition) is 1. The van der Waals surface area contributed by atoms with E-state index in [0.717, 1.165) is 41.6 Å². The molecule has 2 nitrogen and oxygen atoms in total. The van der Waals surface area contributed by atoms with Gasteiger partial charge < -0.3 is 10.1 Å². The highest BCUT2D eigenvalue weighted by molar-refractivity contribution is 6.31. The Balaban J connectivity index is 1.82. The van der Waals surface area contributed by atoms with Crippen LogP contribution in [0.2, 0.25) is 5.02 Å². The van der Waals surface area contributed by atoms with E-state index in [1.807, 2.05) is 36.4 Å². The van der Waals surface area contributed by atoms with Crippen molar-refractivity contribution in [2.24, 2.45) is 5.92 Å². The molecule has 1 N–H and O–H groups in total. The predicted molar refractivity (Wildman–Crippen MR) is 83.4 cm³/mol. The lowest BCUT2D eigenvalue weighted by molar-refractivity contribution is 0.261. The molecule has 0 amide bonds. The van der Waals surface area contributed by atoms with Crippen molar-refractivity contribution < 1.29 is 4.74 Å². The number of halogens is 1. The summed E-state index contributed by atoms with van der Waals surface area (Å²) in [4.78, 5) is 0. The topological polar surface area (TPSA) is 21.3 Å². The van der Waals surface area contributed by atoms with Gasteiger partial charge in [-0.15, -0.1) is 0 Å². The molecule has 20 heavy (non-hydrogen) atoms. The molecule has 0 unspecified atom stereocenters. The normalized spacial score (nSPS) is 18.1. The summed E-state index contributed by atoms with van der Waals surface area (Å²) in [7, 11) is 0. The largest absolute Gasteiger partial charge is 0.493 e. The van der Waals surface area contributed by atoms with Crippen molar-refractivity contribution in [2.75, 3.05) is 19.7 Å². The molecule has 2 aromatic rings. The third kappa shape index (κ3) is 3.14. The zero-order valence-electron chi connectivity index (χ0n) is 11.3. The second kappa shape index (κ2) is 6.29. The van der Waals surface area contributed by atoms with Crippen LogP contribution in [-0.2, 0) is 0 Å². The lowest BCUT2D eigenvalue weighted by Crippen LogP contribution is -2.15. The SMILES string of the molecule is Clc1ccc(OC[C@H]2CCNC2)c(-c2ccccc2)c1. The maximum absolute atomic E-state index is 6.13. The molecule has 0 aliphatic carbocycles. The van der Waals surface area contributed by atoms with E-state index in [4.69, 9.17) is 16.3 Å². The van der Waals surface area contributed by atoms with Gasteiger partial charge in [-0.2, -0.15) is 0 Å². The summed E-state index contributed by atoms with van der Waals surface area (Å²) in [6.45, 7) is 2.91. The number of nitrogens with one attached hydrogen (secondary N) is 1. The number of benzene rings is 2. The van der Waals surface area contributed by atoms with Gasteiger partial charge in [0.2, 0.25) is 0 Å². The van der Waals surface area contributed by atoms with Crippen molar-refractivity contribution in [2.45, 2.75) is 6.42 Å². The first-order chi connectivity index (χ1) is 9.83. The second-order valence-corrected chi connectivity index (χ2v) is 5.61. The minimum atomic E-state index is 0.606. The van der Waals surface area contributed by atoms with Gasteiger partial charge in [0.25, 0.3) is 0 Å². The van der Waals surface area contributed by atoms with Crippen molar-refractivity contribution in [1.29, 1.82) is 0 Å². The van der Waals surface area contributed by atoms with E-state index >= 15 is 0 Å². The van der Waals surface area contributed by atoms with Crippen molar-refractivity contribution in [3.63, 3.8) is 0 Å². The minimum Gasteiger partial charge on any atom is -0.493 e. The molecule has 1 aliphatic heterocycles. The van der Waals surface area contributed by atoms with E-state index in [0.29, 0.717) is 5.92 Å². The summed E-state index contributed by atoms with van der Waals surface area (Å²) < 4.78 is 6.03. The summed E-state index contributed by atoms with van der Waals surface area (Å²) >= 11 is 6.13. The zero-order chi connectivity index (χ0) is 13.8. The Hall–Kier alpha value is -1.51. The summed E-state index contributed by atoms with van der Waals surface area (Å²) in [6.07, 6.45) is 1.19. The number of ether oxygens (including phenoxy) is 1. The Bertz CT molecular complexity index is 564. The third-order valence-corrected chi connectivity index (χ3v) is 3.90. The molecule has 0 aromatic heterocycles. The highest BCUT2D eigenvalue weighted by atomic mass is 35.5. The van der Waals surface area contributed by atoms with Crippen molar-refractivity contribution in [1.82, 2.24) is 5.32 Å². The van der Waals surface area contributed by atoms with Gasteiger partial charge >= 0.3 is 0 Å². The fraction of sp³-hybridized carbons (Fsp3) is 0.294. The minimum absolute atomic E-state index is 0.606. The zero-order valence-corrected chi connectivity index (χ0v) is 12.1. The molecule has 3 rings (SSSR count). The average molecular weight is 288 g/mol. The molecule has 104 valence electrons. The fourth-order valence-corrected chi connectivity index (χ4v) is 2.71. The van der Waals surface area contributed by atoms with E-state index in [-0.39, 0.29) is 0 Å². The van der Waals surface area contributed by atoms with Gasteiger partial charge in [0.1, 0.15) is 5.75 Å². The Morgan fingerprint density at radius 2 is 2.00 bits per heavy atom. The van der Waals surface area contributed by atoms with E-state index in [2.05, 4.69) is 17.4 Å². The molecule has 0 spiro atoms. The highest BCUT2D eigenvalue weighted by Crippen LogP contribution is 2.33. The lowest BCUT2D eigenvalue weighted by Gasteiger charge is -2.15. The van der Waals surface area contributed by atoms with Crippen molar-refractivity contribution >= 4 is 11.6 Å². The second-order valence-electron chi connectivity index (χ2n) is 5.18. The molecule has 1 fully saturated rings. The van der Waals surface area contributed by atoms with E-state index in [9.17, 15) is 0 Å². The van der Waals surface area contributed by atoms with E-state index in [1.54, 1.807) is 0 Å². The predicted octanol–water partition coefficient (Wildman–Crippen LogP) is 4.00. The van der Waals surface area contributed by atoms with Crippen molar-refractivity contribution in [3.05, 3.63) is 53.6 Å². The highest BCUT2D eigenvalue weighted by Gasteiger charge is 2.16. The van der Waals surface area contributed by atoms with Crippen LogP contribution in [0, 0.1) is 5.92 Å². The molecule has 1 atom stereocenters. The van der Waals surface area contributed by atoms with E-state index in [1.165, 1.54) is 6.42 Å². The monoisotopic (exact) mass is 287 g/mol. The maximum Gasteiger partial charge on any atom is 0.127 e. The number of hydrogen-bond acceptors (Lipinski definition) is 2. The number of rotatable bonds is 4. The summed E-state index contributed by atoms with van der Waals surface area (Å²) in [5.41, 5.74) is 2.19. The Labute approximate surface area is 124 Å². The molecule has 3 heteroatoms. The van der Waals surface area contributed by atoms with Gasteiger partial charge in [0, 0.05) is 23.0 Å². The molecule has 2 aromatic carbocycles. The fourth-order valence-electron chi connectivity index (χ4n) is 2.54. The molecule has 0 saturated carbocycles. The van der Waals surface area contributed by atoms with Crippen LogP contribution < -0.4 is 10.1 Å². The van der Waals surface area contributed by atoms with Crippen LogP contribution in [0.3, 0.4) is 0 Å². The standard InChI is InChI=1S/C17H18ClNO/c18-15-6-7-17(20-12-13-8-9-19-11-13)16(10-15)14-4-2-1-3-5-14/h1-7,10,13,19H,8-9,11-12H2/t13-/m0/s1. The Kier molecular flexibility index (Phi) is 4.24. The van der Waals surface area contributed by atoms with Crippen LogP contribution in [-0.4, -0.2) is 19.7 Å². The van der Waals surface area contributed by atoms with Gasteiger partial charge in [-0.05, 0) is 36.7 Å². The van der Waals surface area contributed by atoms with Crippen LogP contribution >= 0.6 is 11.6 Å². The summed E-state index contributed by atoms with van der Waals surface area (Å²) in [6, 6.07) is 16.0. The lowest BCUT2D eigenvalue weighted by atomic mass is 10.0. The van der Waals surface area contributed by atoms with E-state index < -0.39 is 0 Å². The van der Waals surface area contributed by atoms with Gasteiger partial charge in [0.15, 0.2) is 0 Å². The van der Waals surface area contributed by atoms with Crippen LogP contribution in [0.4, 0.5) is 0 Å². The first kappa shape index (κ1) is 13.5.